The highest BCUT2D eigenvalue weighted by Crippen LogP contribution is 2.15. The van der Waals surface area contributed by atoms with Crippen molar-refractivity contribution in [3.8, 4) is 5.75 Å². The third kappa shape index (κ3) is 4.13. The fourth-order valence-corrected chi connectivity index (χ4v) is 1.18. The van der Waals surface area contributed by atoms with E-state index in [0.29, 0.717) is 0 Å². The second-order valence-corrected chi connectivity index (χ2v) is 4.66. The molecule has 5 nitrogen and oxygen atoms in total. The summed E-state index contributed by atoms with van der Waals surface area (Å²) >= 11 is 0. The molecule has 0 unspecified atom stereocenters. The average Bonchev–Trinajstić information content (AvgIpc) is 2.05. The van der Waals surface area contributed by atoms with Crippen LogP contribution in [-0.4, -0.2) is 14.5 Å². The number of amides is 1. The fourth-order valence-electron chi connectivity index (χ4n) is 0.748. The Morgan fingerprint density at radius 3 is 2.53 bits per heavy atom. The largest absolute Gasteiger partial charge is 0.427 e. The van der Waals surface area contributed by atoms with E-state index in [-0.39, 0.29) is 0 Å². The first-order chi connectivity index (χ1) is 6.88. The molecular formula is C7H5ClFNO4S. The van der Waals surface area contributed by atoms with Crippen molar-refractivity contribution in [2.24, 2.45) is 0 Å². The molecule has 0 spiro atoms. The Hall–Kier alpha value is -1.34. The van der Waals surface area contributed by atoms with Gasteiger partial charge >= 0.3 is 15.3 Å². The van der Waals surface area contributed by atoms with E-state index in [1.54, 1.807) is 0 Å². The monoisotopic (exact) mass is 253 g/mol. The SMILES string of the molecule is O=C(NS(=O)(=O)Cl)Oc1ccccc1F. The summed E-state index contributed by atoms with van der Waals surface area (Å²) in [5.74, 6) is -1.19. The summed E-state index contributed by atoms with van der Waals surface area (Å²) in [6.45, 7) is 0. The lowest BCUT2D eigenvalue weighted by Crippen LogP contribution is -2.29. The van der Waals surface area contributed by atoms with Crippen molar-refractivity contribution >= 4 is 26.0 Å². The zero-order chi connectivity index (χ0) is 11.5. The topological polar surface area (TPSA) is 72.5 Å². The number of carbonyl (C=O) groups is 1. The summed E-state index contributed by atoms with van der Waals surface area (Å²) in [6, 6.07) is 5.02. The van der Waals surface area contributed by atoms with Gasteiger partial charge in [-0.3, -0.25) is 0 Å². The van der Waals surface area contributed by atoms with Gasteiger partial charge in [-0.1, -0.05) is 12.1 Å². The van der Waals surface area contributed by atoms with Gasteiger partial charge in [-0.25, -0.2) is 13.9 Å². The van der Waals surface area contributed by atoms with Crippen LogP contribution >= 0.6 is 10.7 Å². The van der Waals surface area contributed by atoms with Gasteiger partial charge < -0.3 is 4.74 Å². The molecule has 1 aromatic carbocycles. The number of hydrogen-bond acceptors (Lipinski definition) is 4. The fraction of sp³-hybridized carbons (Fsp3) is 0. The highest BCUT2D eigenvalue weighted by Gasteiger charge is 2.14. The molecule has 1 amide bonds. The standard InChI is InChI=1S/C7H5ClFNO4S/c8-15(12,13)10-7(11)14-6-4-2-1-3-5(6)9/h1-4H,(H,10,11). The van der Waals surface area contributed by atoms with Gasteiger partial charge in [-0.2, -0.15) is 8.42 Å². The zero-order valence-electron chi connectivity index (χ0n) is 7.11. The number of carbonyl (C=O) groups excluding carboxylic acids is 1. The van der Waals surface area contributed by atoms with E-state index in [0.717, 1.165) is 12.1 Å². The normalized spacial score (nSPS) is 10.8. The van der Waals surface area contributed by atoms with Gasteiger partial charge in [0.2, 0.25) is 0 Å². The van der Waals surface area contributed by atoms with Crippen molar-refractivity contribution in [2.45, 2.75) is 0 Å². The van der Waals surface area contributed by atoms with E-state index in [1.807, 2.05) is 0 Å². The molecule has 8 heteroatoms. The molecule has 0 bridgehead atoms. The molecule has 0 saturated heterocycles. The number of rotatable bonds is 2. The summed E-state index contributed by atoms with van der Waals surface area (Å²) < 4.78 is 39.3. The summed E-state index contributed by atoms with van der Waals surface area (Å²) in [6.07, 6.45) is -1.38. The second kappa shape index (κ2) is 4.45. The van der Waals surface area contributed by atoms with Crippen molar-refractivity contribution in [1.82, 2.24) is 4.72 Å². The van der Waals surface area contributed by atoms with Crippen LogP contribution < -0.4 is 9.46 Å². The van der Waals surface area contributed by atoms with Gasteiger partial charge in [-0.15, -0.1) is 0 Å². The van der Waals surface area contributed by atoms with Crippen LogP contribution in [0, 0.1) is 5.82 Å². The second-order valence-electron chi connectivity index (χ2n) is 2.36. The van der Waals surface area contributed by atoms with Gasteiger partial charge in [0.1, 0.15) is 0 Å². The van der Waals surface area contributed by atoms with Gasteiger partial charge in [0.05, 0.1) is 0 Å². The molecule has 0 aromatic heterocycles. The molecule has 0 aliphatic rings. The lowest BCUT2D eigenvalue weighted by atomic mass is 10.3. The molecule has 0 radical (unpaired) electrons. The van der Waals surface area contributed by atoms with E-state index in [1.165, 1.54) is 16.9 Å². The van der Waals surface area contributed by atoms with Crippen LogP contribution in [0.5, 0.6) is 5.75 Å². The number of hydrogen-bond donors (Lipinski definition) is 1. The lowest BCUT2D eigenvalue weighted by Gasteiger charge is -2.04. The van der Waals surface area contributed by atoms with Gasteiger partial charge in [0.25, 0.3) is 0 Å². The Labute approximate surface area is 89.4 Å². The Morgan fingerprint density at radius 1 is 1.40 bits per heavy atom. The molecular weight excluding hydrogens is 249 g/mol. The van der Waals surface area contributed by atoms with Crippen molar-refractivity contribution in [2.75, 3.05) is 0 Å². The highest BCUT2D eigenvalue weighted by atomic mass is 35.7. The minimum atomic E-state index is -4.23. The first kappa shape index (κ1) is 11.7. The van der Waals surface area contributed by atoms with Crippen LogP contribution in [0.25, 0.3) is 0 Å². The average molecular weight is 254 g/mol. The maximum Gasteiger partial charge on any atom is 0.427 e. The molecule has 0 atom stereocenters. The van der Waals surface area contributed by atoms with Gasteiger partial charge in [0, 0.05) is 10.7 Å². The third-order valence-electron chi connectivity index (χ3n) is 1.24. The Bertz CT molecular complexity index is 476. The van der Waals surface area contributed by atoms with E-state index >= 15 is 0 Å². The molecule has 0 aliphatic carbocycles. The van der Waals surface area contributed by atoms with Crippen LogP contribution in [-0.2, 0) is 9.24 Å². The summed E-state index contributed by atoms with van der Waals surface area (Å²) in [4.78, 5) is 10.8. The first-order valence-corrected chi connectivity index (χ1v) is 5.88. The molecule has 0 aliphatic heterocycles. The van der Waals surface area contributed by atoms with Crippen molar-refractivity contribution in [3.63, 3.8) is 0 Å². The van der Waals surface area contributed by atoms with E-state index in [9.17, 15) is 17.6 Å². The van der Waals surface area contributed by atoms with Gasteiger partial charge in [-0.05, 0) is 12.1 Å². The maximum absolute atomic E-state index is 12.9. The van der Waals surface area contributed by atoms with Crippen LogP contribution in [0.4, 0.5) is 9.18 Å². The van der Waals surface area contributed by atoms with Gasteiger partial charge in [0.15, 0.2) is 11.6 Å². The van der Waals surface area contributed by atoms with E-state index in [2.05, 4.69) is 4.74 Å². The molecule has 0 saturated carbocycles. The number of halogens is 2. The molecule has 0 fully saturated rings. The molecule has 1 N–H and O–H groups in total. The minimum Gasteiger partial charge on any atom is -0.406 e. The molecule has 15 heavy (non-hydrogen) atoms. The van der Waals surface area contributed by atoms with Crippen LogP contribution in [0.3, 0.4) is 0 Å². The maximum atomic E-state index is 12.9. The zero-order valence-corrected chi connectivity index (χ0v) is 8.68. The van der Waals surface area contributed by atoms with E-state index < -0.39 is 26.9 Å². The summed E-state index contributed by atoms with van der Waals surface area (Å²) in [5, 5.41) is 0. The Morgan fingerprint density at radius 2 is 2.00 bits per heavy atom. The van der Waals surface area contributed by atoms with E-state index in [4.69, 9.17) is 10.7 Å². The highest BCUT2D eigenvalue weighted by molar-refractivity contribution is 8.12. The molecule has 1 aromatic rings. The number of benzene rings is 1. The first-order valence-electron chi connectivity index (χ1n) is 3.57. The van der Waals surface area contributed by atoms with Crippen molar-refractivity contribution in [3.05, 3.63) is 30.1 Å². The third-order valence-corrected chi connectivity index (χ3v) is 1.89. The quantitative estimate of drug-likeness (QED) is 0.809. The number of nitrogens with one attached hydrogen (secondary N) is 1. The molecule has 1 rings (SSSR count). The molecule has 82 valence electrons. The predicted octanol–water partition coefficient (Wildman–Crippen LogP) is 1.40. The lowest BCUT2D eigenvalue weighted by molar-refractivity contribution is 0.205. The van der Waals surface area contributed by atoms with Crippen molar-refractivity contribution in [1.29, 1.82) is 0 Å². The number of para-hydroxylation sites is 1. The summed E-state index contributed by atoms with van der Waals surface area (Å²) in [5.41, 5.74) is 0. The van der Waals surface area contributed by atoms with Crippen LogP contribution in [0.2, 0.25) is 0 Å². The minimum absolute atomic E-state index is 0.393. The summed E-state index contributed by atoms with van der Waals surface area (Å²) in [7, 11) is 0.469. The predicted molar refractivity (Wildman–Crippen MR) is 50.3 cm³/mol. The Kier molecular flexibility index (Phi) is 3.48. The Balaban J connectivity index is 2.72. The van der Waals surface area contributed by atoms with Crippen LogP contribution in [0.1, 0.15) is 0 Å². The number of ether oxygens (including phenoxy) is 1. The van der Waals surface area contributed by atoms with Crippen molar-refractivity contribution < 1.29 is 22.3 Å². The van der Waals surface area contributed by atoms with Crippen LogP contribution in [0.15, 0.2) is 24.3 Å². The molecule has 0 heterocycles. The smallest absolute Gasteiger partial charge is 0.406 e.